The van der Waals surface area contributed by atoms with Gasteiger partial charge >= 0.3 is 5.91 Å². The number of carbonyl (C=O) groups is 2. The van der Waals surface area contributed by atoms with E-state index in [4.69, 9.17) is 4.74 Å². The van der Waals surface area contributed by atoms with Crippen LogP contribution in [0.5, 0.6) is 5.75 Å². The van der Waals surface area contributed by atoms with Gasteiger partial charge in [0, 0.05) is 25.0 Å². The summed E-state index contributed by atoms with van der Waals surface area (Å²) >= 11 is 0. The van der Waals surface area contributed by atoms with Gasteiger partial charge in [0.2, 0.25) is 5.82 Å². The Morgan fingerprint density at radius 3 is 2.77 bits per heavy atom. The molecule has 0 unspecified atom stereocenters. The molecule has 2 aromatic heterocycles. The predicted octanol–water partition coefficient (Wildman–Crippen LogP) is 2.79. The molecule has 0 saturated carbocycles. The first-order valence-corrected chi connectivity index (χ1v) is 9.32. The van der Waals surface area contributed by atoms with Crippen LogP contribution < -0.4 is 9.64 Å². The number of rotatable bonds is 2. The summed E-state index contributed by atoms with van der Waals surface area (Å²) in [6.45, 7) is 3.69. The summed E-state index contributed by atoms with van der Waals surface area (Å²) in [5.74, 6) is -0.425. The number of nitrogens with zero attached hydrogens (tertiary/aromatic N) is 5. The monoisotopic (exact) mass is 401 g/mol. The average Bonchev–Trinajstić information content (AvgIpc) is 2.86. The molecule has 0 N–H and O–H groups in total. The number of anilines is 1. The molecule has 0 spiro atoms. The minimum atomic E-state index is -0.708. The number of benzene rings is 1. The summed E-state index contributed by atoms with van der Waals surface area (Å²) in [6, 6.07) is 11.2. The molecule has 30 heavy (non-hydrogen) atoms. The third-order valence-corrected chi connectivity index (χ3v) is 4.71. The number of hydrogen-bond acceptors (Lipinski definition) is 6. The van der Waals surface area contributed by atoms with Crippen molar-refractivity contribution in [2.75, 3.05) is 18.6 Å². The van der Waals surface area contributed by atoms with Crippen molar-refractivity contribution in [3.8, 4) is 17.0 Å². The molecule has 0 fully saturated rings. The normalized spacial score (nSPS) is 14.8. The Morgan fingerprint density at radius 1 is 1.17 bits per heavy atom. The van der Waals surface area contributed by atoms with Crippen LogP contribution in [0.3, 0.4) is 0 Å². The highest BCUT2D eigenvalue weighted by Crippen LogP contribution is 2.28. The molecular weight excluding hydrogens is 382 g/mol. The lowest BCUT2D eigenvalue weighted by Crippen LogP contribution is -2.35. The highest BCUT2D eigenvalue weighted by molar-refractivity contribution is 6.46. The summed E-state index contributed by atoms with van der Waals surface area (Å²) in [5.41, 5.74) is 3.39. The lowest BCUT2D eigenvalue weighted by molar-refractivity contribution is -0.112. The van der Waals surface area contributed by atoms with Gasteiger partial charge in [0.05, 0.1) is 5.69 Å². The maximum absolute atomic E-state index is 12.8. The molecule has 0 bridgehead atoms. The number of aromatic nitrogens is 3. The number of hydrogen-bond donors (Lipinski definition) is 0. The molecule has 0 radical (unpaired) electrons. The second-order valence-electron chi connectivity index (χ2n) is 6.93. The first kappa shape index (κ1) is 19.4. The van der Waals surface area contributed by atoms with E-state index in [1.165, 1.54) is 11.1 Å². The maximum Gasteiger partial charge on any atom is 0.315 e. The third-order valence-electron chi connectivity index (χ3n) is 4.71. The molecule has 3 heterocycles. The van der Waals surface area contributed by atoms with E-state index in [-0.39, 0.29) is 18.1 Å². The molecule has 0 saturated heterocycles. The van der Waals surface area contributed by atoms with Gasteiger partial charge in [-0.05, 0) is 37.1 Å². The van der Waals surface area contributed by atoms with Crippen molar-refractivity contribution < 1.29 is 14.3 Å². The molecule has 3 aromatic rings. The van der Waals surface area contributed by atoms with Crippen molar-refractivity contribution in [1.82, 2.24) is 15.0 Å². The van der Waals surface area contributed by atoms with Crippen LogP contribution in [0.1, 0.15) is 21.7 Å². The highest BCUT2D eigenvalue weighted by Gasteiger charge is 2.28. The predicted molar refractivity (Wildman–Crippen MR) is 112 cm³/mol. The Bertz CT molecular complexity index is 1190. The minimum absolute atomic E-state index is 0.0388. The Morgan fingerprint density at radius 2 is 1.97 bits per heavy atom. The second kappa shape index (κ2) is 7.82. The summed E-state index contributed by atoms with van der Waals surface area (Å²) in [7, 11) is 1.56. The largest absolute Gasteiger partial charge is 0.483 e. The van der Waals surface area contributed by atoms with E-state index in [1.807, 2.05) is 38.1 Å². The molecule has 0 aliphatic carbocycles. The van der Waals surface area contributed by atoms with Crippen LogP contribution in [0.2, 0.25) is 0 Å². The summed E-state index contributed by atoms with van der Waals surface area (Å²) in [4.78, 5) is 43.4. The van der Waals surface area contributed by atoms with Gasteiger partial charge < -0.3 is 4.74 Å². The van der Waals surface area contributed by atoms with Gasteiger partial charge in [-0.15, -0.1) is 0 Å². The van der Waals surface area contributed by atoms with Crippen LogP contribution in [0, 0.1) is 13.8 Å². The quantitative estimate of drug-likeness (QED) is 0.655. The number of pyridine rings is 1. The minimum Gasteiger partial charge on any atom is -0.483 e. The molecule has 150 valence electrons. The number of aliphatic imine (C=N–C) groups is 1. The van der Waals surface area contributed by atoms with Crippen LogP contribution in [0.15, 0.2) is 53.8 Å². The van der Waals surface area contributed by atoms with Gasteiger partial charge in [0.25, 0.3) is 5.91 Å². The fourth-order valence-electron chi connectivity index (χ4n) is 3.12. The Labute approximate surface area is 173 Å². The van der Waals surface area contributed by atoms with E-state index in [1.54, 1.807) is 25.4 Å². The Balaban J connectivity index is 1.64. The van der Waals surface area contributed by atoms with Crippen molar-refractivity contribution in [1.29, 1.82) is 0 Å². The number of fused-ring (bicyclic) bond motifs is 1. The molecule has 8 nitrogen and oxygen atoms in total. The van der Waals surface area contributed by atoms with Crippen LogP contribution in [0.25, 0.3) is 11.3 Å². The maximum atomic E-state index is 12.8. The topological polar surface area (TPSA) is 97.6 Å². The van der Waals surface area contributed by atoms with E-state index in [0.717, 1.165) is 16.7 Å². The lowest BCUT2D eigenvalue weighted by Gasteiger charge is -2.14. The summed E-state index contributed by atoms with van der Waals surface area (Å²) in [5, 5.41) is 0. The van der Waals surface area contributed by atoms with Crippen molar-refractivity contribution in [3.63, 3.8) is 0 Å². The summed E-state index contributed by atoms with van der Waals surface area (Å²) < 4.78 is 5.68. The van der Waals surface area contributed by atoms with Gasteiger partial charge in [0.1, 0.15) is 12.3 Å². The van der Waals surface area contributed by atoms with Crippen molar-refractivity contribution in [2.45, 2.75) is 13.8 Å². The van der Waals surface area contributed by atoms with Gasteiger partial charge in [-0.3, -0.25) is 14.5 Å². The van der Waals surface area contributed by atoms with Gasteiger partial charge in [0.15, 0.2) is 11.6 Å². The molecule has 1 aromatic carbocycles. The van der Waals surface area contributed by atoms with Crippen LogP contribution in [-0.2, 0) is 4.79 Å². The van der Waals surface area contributed by atoms with E-state index >= 15 is 0 Å². The fraction of sp³-hybridized carbons (Fsp3) is 0.182. The molecule has 2 amide bonds. The zero-order valence-corrected chi connectivity index (χ0v) is 16.8. The van der Waals surface area contributed by atoms with E-state index < -0.39 is 11.8 Å². The van der Waals surface area contributed by atoms with E-state index in [9.17, 15) is 9.59 Å². The molecular formula is C22H19N5O3. The van der Waals surface area contributed by atoms with Crippen LogP contribution >= 0.6 is 0 Å². The molecule has 4 rings (SSSR count). The standard InChI is InChI=1S/C22H19N5O3/c1-13-10-18-20(24-11-13)27(3)22(29)17(12-30-18)26-21(28)19-23-9-8-16(25-19)15-7-5-4-6-14(15)2/h4-11H,12H2,1-3H3/b26-17+. The number of aryl methyl sites for hydroxylation is 2. The second-order valence-corrected chi connectivity index (χ2v) is 6.93. The number of ether oxygens (including phenoxy) is 1. The van der Waals surface area contributed by atoms with Crippen LogP contribution in [-0.4, -0.2) is 46.1 Å². The first-order valence-electron chi connectivity index (χ1n) is 9.32. The average molecular weight is 401 g/mol. The molecule has 1 aliphatic heterocycles. The fourth-order valence-corrected chi connectivity index (χ4v) is 3.12. The highest BCUT2D eigenvalue weighted by atomic mass is 16.5. The van der Waals surface area contributed by atoms with E-state index in [0.29, 0.717) is 17.3 Å². The van der Waals surface area contributed by atoms with Crippen LogP contribution in [0.4, 0.5) is 5.82 Å². The first-order chi connectivity index (χ1) is 14.4. The Kier molecular flexibility index (Phi) is 5.05. The Hall–Kier alpha value is -3.94. The van der Waals surface area contributed by atoms with Gasteiger partial charge in [-0.2, -0.15) is 0 Å². The lowest BCUT2D eigenvalue weighted by atomic mass is 10.1. The molecule has 0 atom stereocenters. The van der Waals surface area contributed by atoms with Gasteiger partial charge in [-0.25, -0.2) is 19.9 Å². The van der Waals surface area contributed by atoms with Crippen molar-refractivity contribution in [3.05, 3.63) is 65.7 Å². The van der Waals surface area contributed by atoms with Gasteiger partial charge in [-0.1, -0.05) is 24.3 Å². The number of carbonyl (C=O) groups excluding carboxylic acids is 2. The zero-order chi connectivity index (χ0) is 21.3. The smallest absolute Gasteiger partial charge is 0.315 e. The van der Waals surface area contributed by atoms with Crippen molar-refractivity contribution in [2.24, 2.45) is 4.99 Å². The molecule has 1 aliphatic rings. The van der Waals surface area contributed by atoms with E-state index in [2.05, 4.69) is 19.9 Å². The summed E-state index contributed by atoms with van der Waals surface area (Å²) in [6.07, 6.45) is 3.15. The zero-order valence-electron chi connectivity index (χ0n) is 16.8. The third kappa shape index (κ3) is 3.67. The van der Waals surface area contributed by atoms with Crippen molar-refractivity contribution >= 4 is 23.3 Å². The molecule has 8 heteroatoms. The number of amides is 2. The SMILES string of the molecule is Cc1cnc2c(c1)OC/C(=N\C(=O)c1nccc(-c3ccccc3C)n1)C(=O)N2C.